The summed E-state index contributed by atoms with van der Waals surface area (Å²) in [6.07, 6.45) is 2.51. The number of carbonyl (C=O) groups excluding carboxylic acids is 2. The summed E-state index contributed by atoms with van der Waals surface area (Å²) in [4.78, 5) is 32.5. The van der Waals surface area contributed by atoms with Crippen LogP contribution in [-0.2, 0) is 16.1 Å². The Labute approximate surface area is 208 Å². The van der Waals surface area contributed by atoms with Crippen LogP contribution in [0.1, 0.15) is 32.3 Å². The molecule has 0 bridgehead atoms. The Morgan fingerprint density at radius 1 is 1.18 bits per heavy atom. The van der Waals surface area contributed by atoms with Crippen molar-refractivity contribution in [3.05, 3.63) is 52.1 Å². The fourth-order valence-corrected chi connectivity index (χ4v) is 3.51. The van der Waals surface area contributed by atoms with E-state index in [2.05, 4.69) is 25.9 Å². The zero-order valence-corrected chi connectivity index (χ0v) is 20.4. The number of nitrogens with one attached hydrogen (secondary N) is 3. The lowest BCUT2D eigenvalue weighted by Crippen LogP contribution is -2.42. The number of anilines is 1. The highest BCUT2D eigenvalue weighted by Gasteiger charge is 2.37. The molecule has 1 fully saturated rings. The van der Waals surface area contributed by atoms with Crippen molar-refractivity contribution in [1.29, 1.82) is 0 Å². The number of nitrogens with zero attached hydrogens (tertiary/aromatic N) is 2. The maximum absolute atomic E-state index is 12.0. The molecule has 11 heteroatoms. The predicted molar refractivity (Wildman–Crippen MR) is 131 cm³/mol. The van der Waals surface area contributed by atoms with Gasteiger partial charge in [0.05, 0.1) is 31.0 Å². The Kier molecular flexibility index (Phi) is 9.35. The molecule has 0 radical (unpaired) electrons. The first kappa shape index (κ1) is 25.6. The smallest absolute Gasteiger partial charge is 0.321 e. The number of ether oxygens (including phenoxy) is 2. The third-order valence-electron chi connectivity index (χ3n) is 4.97. The van der Waals surface area contributed by atoms with Crippen LogP contribution in [0.15, 0.2) is 41.5 Å². The fraction of sp³-hybridized carbons (Fsp3) is 0.391. The van der Waals surface area contributed by atoms with E-state index in [4.69, 9.17) is 32.7 Å². The van der Waals surface area contributed by atoms with E-state index in [0.29, 0.717) is 48.3 Å². The molecule has 1 heterocycles. The Bertz CT molecular complexity index is 1030. The number of rotatable bonds is 8. The highest BCUT2D eigenvalue weighted by molar-refractivity contribution is 6.32. The van der Waals surface area contributed by atoms with Crippen LogP contribution in [0.5, 0.6) is 5.88 Å². The van der Waals surface area contributed by atoms with Gasteiger partial charge in [-0.2, -0.15) is 0 Å². The molecule has 1 aliphatic carbocycles. The van der Waals surface area contributed by atoms with Crippen molar-refractivity contribution in [1.82, 2.24) is 15.6 Å². The standard InChI is InChI=1S/C23H27Cl2N5O4/c1-3-26-23(32)30-22(28-12-14-5-7-16(24)8-6-14)29-17-11-19(25)20(27-13-17)34-18-9-15(10-18)21(31)33-4-2/h5-8,11,13,15,18H,3-4,9-10,12H2,1-2H3,(H3,26,28,29,30,32). The maximum Gasteiger partial charge on any atom is 0.321 e. The first-order valence-corrected chi connectivity index (χ1v) is 11.7. The lowest BCUT2D eigenvalue weighted by molar-refractivity contribution is -0.154. The molecule has 0 saturated heterocycles. The second kappa shape index (κ2) is 12.4. The Hall–Kier alpha value is -3.04. The van der Waals surface area contributed by atoms with Crippen molar-refractivity contribution in [2.75, 3.05) is 18.5 Å². The molecule has 1 saturated carbocycles. The minimum atomic E-state index is -0.398. The number of pyridine rings is 1. The number of hydrogen-bond acceptors (Lipinski definition) is 6. The van der Waals surface area contributed by atoms with Crippen molar-refractivity contribution in [2.45, 2.75) is 39.3 Å². The van der Waals surface area contributed by atoms with Gasteiger partial charge in [0, 0.05) is 11.6 Å². The van der Waals surface area contributed by atoms with Gasteiger partial charge >= 0.3 is 12.0 Å². The molecular weight excluding hydrogens is 481 g/mol. The number of benzene rings is 1. The van der Waals surface area contributed by atoms with Gasteiger partial charge in [0.15, 0.2) is 0 Å². The molecule has 9 nitrogen and oxygen atoms in total. The first-order valence-electron chi connectivity index (χ1n) is 11.0. The number of aliphatic imine (C=N–C) groups is 1. The molecule has 3 N–H and O–H groups in total. The van der Waals surface area contributed by atoms with Gasteiger partial charge in [-0.15, -0.1) is 0 Å². The van der Waals surface area contributed by atoms with Crippen molar-refractivity contribution in [3.63, 3.8) is 0 Å². The summed E-state index contributed by atoms with van der Waals surface area (Å²) in [5.41, 5.74) is 1.44. The molecular formula is C23H27Cl2N5O4. The van der Waals surface area contributed by atoms with Crippen molar-refractivity contribution in [3.8, 4) is 5.88 Å². The van der Waals surface area contributed by atoms with E-state index in [0.717, 1.165) is 5.56 Å². The molecule has 3 rings (SSSR count). The topological polar surface area (TPSA) is 114 Å². The van der Waals surface area contributed by atoms with Crippen LogP contribution in [0, 0.1) is 5.92 Å². The summed E-state index contributed by atoms with van der Waals surface area (Å²) in [6, 6.07) is 8.49. The van der Waals surface area contributed by atoms with Crippen LogP contribution >= 0.6 is 23.2 Å². The highest BCUT2D eigenvalue weighted by Crippen LogP contribution is 2.34. The number of carbonyl (C=O) groups is 2. The number of hydrogen-bond donors (Lipinski definition) is 3. The van der Waals surface area contributed by atoms with Crippen LogP contribution in [0.4, 0.5) is 10.5 Å². The van der Waals surface area contributed by atoms with Gasteiger partial charge in [-0.1, -0.05) is 35.3 Å². The van der Waals surface area contributed by atoms with Gasteiger partial charge in [-0.05, 0) is 50.5 Å². The number of esters is 1. The quantitative estimate of drug-likeness (QED) is 0.277. The molecule has 0 aliphatic heterocycles. The predicted octanol–water partition coefficient (Wildman–Crippen LogP) is 4.40. The molecule has 182 valence electrons. The fourth-order valence-electron chi connectivity index (χ4n) is 3.17. The number of urea groups is 1. The lowest BCUT2D eigenvalue weighted by atomic mass is 9.82. The number of aromatic nitrogens is 1. The molecule has 0 atom stereocenters. The average molecular weight is 508 g/mol. The van der Waals surface area contributed by atoms with Crippen molar-refractivity contribution >= 4 is 46.8 Å². The Morgan fingerprint density at radius 3 is 2.56 bits per heavy atom. The van der Waals surface area contributed by atoms with Gasteiger partial charge in [0.2, 0.25) is 11.8 Å². The van der Waals surface area contributed by atoms with Gasteiger partial charge in [0.25, 0.3) is 0 Å². The summed E-state index contributed by atoms with van der Waals surface area (Å²) < 4.78 is 10.8. The molecule has 1 aromatic heterocycles. The zero-order chi connectivity index (χ0) is 24.5. The van der Waals surface area contributed by atoms with E-state index in [1.807, 2.05) is 19.1 Å². The summed E-state index contributed by atoms with van der Waals surface area (Å²) in [6.45, 7) is 4.74. The maximum atomic E-state index is 12.0. The van der Waals surface area contributed by atoms with Gasteiger partial charge < -0.3 is 20.1 Å². The first-order chi connectivity index (χ1) is 16.4. The Morgan fingerprint density at radius 2 is 1.91 bits per heavy atom. The summed E-state index contributed by atoms with van der Waals surface area (Å²) in [7, 11) is 0. The SMILES string of the molecule is CCNC(=O)NC(=NCc1ccc(Cl)cc1)Nc1cnc(OC2CC(C(=O)OCC)C2)c(Cl)c1. The van der Waals surface area contributed by atoms with E-state index >= 15 is 0 Å². The third-order valence-corrected chi connectivity index (χ3v) is 5.49. The molecule has 34 heavy (non-hydrogen) atoms. The lowest BCUT2D eigenvalue weighted by Gasteiger charge is -2.33. The van der Waals surface area contributed by atoms with Crippen LogP contribution in [0.3, 0.4) is 0 Å². The molecule has 2 amide bonds. The second-order valence-electron chi connectivity index (χ2n) is 7.57. The van der Waals surface area contributed by atoms with E-state index in [9.17, 15) is 9.59 Å². The van der Waals surface area contributed by atoms with Crippen LogP contribution in [0.2, 0.25) is 10.0 Å². The number of guanidine groups is 1. The summed E-state index contributed by atoms with van der Waals surface area (Å²) >= 11 is 12.3. The molecule has 1 aromatic carbocycles. The molecule has 2 aromatic rings. The summed E-state index contributed by atoms with van der Waals surface area (Å²) in [5.74, 6) is 0.148. The largest absolute Gasteiger partial charge is 0.473 e. The number of amides is 2. The van der Waals surface area contributed by atoms with Crippen LogP contribution in [-0.4, -0.2) is 42.2 Å². The minimum absolute atomic E-state index is 0.144. The highest BCUT2D eigenvalue weighted by atomic mass is 35.5. The summed E-state index contributed by atoms with van der Waals surface area (Å²) in [5, 5.41) is 9.28. The van der Waals surface area contributed by atoms with Crippen LogP contribution in [0.25, 0.3) is 0 Å². The molecule has 0 spiro atoms. The van der Waals surface area contributed by atoms with Gasteiger partial charge in [0.1, 0.15) is 11.1 Å². The van der Waals surface area contributed by atoms with Crippen LogP contribution < -0.4 is 20.7 Å². The molecule has 0 unspecified atom stereocenters. The number of halogens is 2. The molecule has 1 aliphatic rings. The monoisotopic (exact) mass is 507 g/mol. The van der Waals surface area contributed by atoms with Gasteiger partial charge in [-0.3, -0.25) is 10.1 Å². The normalized spacial score (nSPS) is 17.4. The van der Waals surface area contributed by atoms with E-state index in [1.54, 1.807) is 25.1 Å². The minimum Gasteiger partial charge on any atom is -0.473 e. The average Bonchev–Trinajstić information content (AvgIpc) is 2.77. The van der Waals surface area contributed by atoms with E-state index in [-0.39, 0.29) is 29.8 Å². The van der Waals surface area contributed by atoms with Crippen molar-refractivity contribution < 1.29 is 19.1 Å². The van der Waals surface area contributed by atoms with E-state index < -0.39 is 6.03 Å². The van der Waals surface area contributed by atoms with E-state index in [1.165, 1.54) is 6.20 Å². The third kappa shape index (κ3) is 7.50. The second-order valence-corrected chi connectivity index (χ2v) is 8.42. The zero-order valence-electron chi connectivity index (χ0n) is 18.9. The Balaban J connectivity index is 1.63. The van der Waals surface area contributed by atoms with Crippen molar-refractivity contribution in [2.24, 2.45) is 10.9 Å². The van der Waals surface area contributed by atoms with Gasteiger partial charge in [-0.25, -0.2) is 14.8 Å².